The van der Waals surface area contributed by atoms with Crippen LogP contribution in [0.4, 0.5) is 11.4 Å². The van der Waals surface area contributed by atoms with Gasteiger partial charge in [-0.2, -0.15) is 0 Å². The molecule has 1 aromatic carbocycles. The topological polar surface area (TPSA) is 116 Å². The molecule has 1 aromatic rings. The fraction of sp³-hybridized carbons (Fsp3) is 0.429. The smallest absolute Gasteiger partial charge is 0.309 e. The summed E-state index contributed by atoms with van der Waals surface area (Å²) in [4.78, 5) is 34.9. The van der Waals surface area contributed by atoms with Crippen LogP contribution in [0.5, 0.6) is 0 Å². The van der Waals surface area contributed by atoms with Gasteiger partial charge in [-0.05, 0) is 18.9 Å². The number of carbonyl (C=O) groups excluding carboxylic acids is 2. The number of hydrogen-bond acceptors (Lipinski definition) is 6. The summed E-state index contributed by atoms with van der Waals surface area (Å²) in [6.45, 7) is 0.617. The molecule has 1 amide bonds. The predicted molar refractivity (Wildman–Crippen MR) is 78.2 cm³/mol. The minimum absolute atomic E-state index is 0.0530. The van der Waals surface area contributed by atoms with Crippen molar-refractivity contribution in [2.45, 2.75) is 12.8 Å². The van der Waals surface area contributed by atoms with Crippen molar-refractivity contribution in [2.75, 3.05) is 24.6 Å². The Morgan fingerprint density at radius 3 is 2.55 bits per heavy atom. The first-order valence-electron chi connectivity index (χ1n) is 6.92. The largest absolute Gasteiger partial charge is 0.455 e. The summed E-state index contributed by atoms with van der Waals surface area (Å²) in [7, 11) is 0. The van der Waals surface area contributed by atoms with Crippen molar-refractivity contribution in [3.8, 4) is 0 Å². The summed E-state index contributed by atoms with van der Waals surface area (Å²) >= 11 is 0. The van der Waals surface area contributed by atoms with E-state index in [0.717, 1.165) is 0 Å². The van der Waals surface area contributed by atoms with Gasteiger partial charge in [-0.1, -0.05) is 12.1 Å². The molecular weight excluding hydrogens is 290 g/mol. The molecule has 22 heavy (non-hydrogen) atoms. The van der Waals surface area contributed by atoms with Crippen LogP contribution in [-0.2, 0) is 14.3 Å². The average molecular weight is 307 g/mol. The van der Waals surface area contributed by atoms with Gasteiger partial charge in [0.1, 0.15) is 5.69 Å². The van der Waals surface area contributed by atoms with E-state index in [1.165, 1.54) is 6.07 Å². The highest BCUT2D eigenvalue weighted by Crippen LogP contribution is 2.31. The lowest BCUT2D eigenvalue weighted by atomic mass is 9.96. The molecule has 8 nitrogen and oxygen atoms in total. The van der Waals surface area contributed by atoms with E-state index >= 15 is 0 Å². The Bertz CT molecular complexity index is 582. The monoisotopic (exact) mass is 307 g/mol. The summed E-state index contributed by atoms with van der Waals surface area (Å²) < 4.78 is 4.81. The molecule has 2 N–H and O–H groups in total. The second-order valence-electron chi connectivity index (χ2n) is 5.08. The molecule has 0 spiro atoms. The Morgan fingerprint density at radius 2 is 1.95 bits per heavy atom. The maximum atomic E-state index is 11.8. The third-order valence-corrected chi connectivity index (χ3v) is 3.60. The van der Waals surface area contributed by atoms with E-state index in [2.05, 4.69) is 0 Å². The van der Waals surface area contributed by atoms with Gasteiger partial charge in [0.25, 0.3) is 11.6 Å². The van der Waals surface area contributed by atoms with Gasteiger partial charge in [-0.25, -0.2) is 0 Å². The molecule has 0 saturated carbocycles. The first-order chi connectivity index (χ1) is 10.5. The number of anilines is 1. The molecule has 0 bridgehead atoms. The molecule has 0 radical (unpaired) electrons. The van der Waals surface area contributed by atoms with Gasteiger partial charge in [0.2, 0.25) is 0 Å². The molecular formula is C14H17N3O5. The van der Waals surface area contributed by atoms with Crippen LogP contribution in [0.2, 0.25) is 0 Å². The van der Waals surface area contributed by atoms with Crippen molar-refractivity contribution in [1.29, 1.82) is 0 Å². The molecule has 8 heteroatoms. The van der Waals surface area contributed by atoms with Crippen molar-refractivity contribution in [3.63, 3.8) is 0 Å². The first kappa shape index (κ1) is 15.7. The molecule has 2 rings (SSSR count). The molecule has 1 aliphatic rings. The van der Waals surface area contributed by atoms with E-state index in [1.807, 2.05) is 4.90 Å². The number of rotatable bonds is 5. The summed E-state index contributed by atoms with van der Waals surface area (Å²) in [6.07, 6.45) is 1.04. The Morgan fingerprint density at radius 1 is 1.32 bits per heavy atom. The first-order valence-corrected chi connectivity index (χ1v) is 6.92. The molecule has 0 aliphatic carbocycles. The molecule has 1 heterocycles. The number of ether oxygens (including phenoxy) is 1. The van der Waals surface area contributed by atoms with Gasteiger partial charge in [-0.15, -0.1) is 0 Å². The number of para-hydroxylation sites is 2. The van der Waals surface area contributed by atoms with Gasteiger partial charge in [-0.3, -0.25) is 19.7 Å². The minimum atomic E-state index is -0.689. The zero-order chi connectivity index (χ0) is 16.1. The van der Waals surface area contributed by atoms with Crippen LogP contribution < -0.4 is 10.6 Å². The predicted octanol–water partition coefficient (Wildman–Crippen LogP) is 0.840. The molecule has 1 fully saturated rings. The van der Waals surface area contributed by atoms with Crippen LogP contribution in [-0.4, -0.2) is 36.5 Å². The van der Waals surface area contributed by atoms with Gasteiger partial charge < -0.3 is 15.4 Å². The lowest BCUT2D eigenvalue weighted by molar-refractivity contribution is -0.384. The van der Waals surface area contributed by atoms with Gasteiger partial charge >= 0.3 is 5.97 Å². The van der Waals surface area contributed by atoms with E-state index in [0.29, 0.717) is 31.6 Å². The summed E-state index contributed by atoms with van der Waals surface area (Å²) in [6, 6.07) is 6.53. The normalized spacial score (nSPS) is 15.4. The number of hydrogen-bond donors (Lipinski definition) is 1. The van der Waals surface area contributed by atoms with Gasteiger partial charge in [0.05, 0.1) is 10.8 Å². The van der Waals surface area contributed by atoms with E-state index in [1.54, 1.807) is 18.2 Å². The third-order valence-electron chi connectivity index (χ3n) is 3.60. The SMILES string of the molecule is NC(=O)COC(=O)C1CCN(c2ccccc2[N+](=O)[O-])CC1. The standard InChI is InChI=1S/C14H17N3O5/c15-13(18)9-22-14(19)10-5-7-16(8-6-10)11-3-1-2-4-12(11)17(20)21/h1-4,10H,5-9H2,(H2,15,18). The number of primary amides is 1. The maximum Gasteiger partial charge on any atom is 0.309 e. The van der Waals surface area contributed by atoms with E-state index < -0.39 is 23.4 Å². The number of nitro benzene ring substituents is 1. The molecule has 1 aliphatic heterocycles. The summed E-state index contributed by atoms with van der Waals surface area (Å²) in [5.74, 6) is -1.44. The summed E-state index contributed by atoms with van der Waals surface area (Å²) in [5.41, 5.74) is 5.53. The lowest BCUT2D eigenvalue weighted by Gasteiger charge is -2.32. The lowest BCUT2D eigenvalue weighted by Crippen LogP contribution is -2.37. The average Bonchev–Trinajstić information content (AvgIpc) is 2.52. The number of esters is 1. The van der Waals surface area contributed by atoms with Crippen LogP contribution in [0.1, 0.15) is 12.8 Å². The number of piperidine rings is 1. The van der Waals surface area contributed by atoms with E-state index in [4.69, 9.17) is 10.5 Å². The number of amides is 1. The molecule has 1 saturated heterocycles. The second-order valence-corrected chi connectivity index (χ2v) is 5.08. The van der Waals surface area contributed by atoms with Crippen LogP contribution in [0.15, 0.2) is 24.3 Å². The van der Waals surface area contributed by atoms with Crippen LogP contribution >= 0.6 is 0 Å². The van der Waals surface area contributed by atoms with Crippen LogP contribution in [0.25, 0.3) is 0 Å². The van der Waals surface area contributed by atoms with Crippen LogP contribution in [0, 0.1) is 16.0 Å². The number of carbonyl (C=O) groups is 2. The number of nitrogens with two attached hydrogens (primary N) is 1. The zero-order valence-corrected chi connectivity index (χ0v) is 11.9. The summed E-state index contributed by atoms with van der Waals surface area (Å²) in [5, 5.41) is 11.0. The Hall–Kier alpha value is -2.64. The Kier molecular flexibility index (Phi) is 4.92. The molecule has 0 unspecified atom stereocenters. The van der Waals surface area contributed by atoms with Gasteiger partial charge in [0, 0.05) is 19.2 Å². The van der Waals surface area contributed by atoms with Crippen molar-refractivity contribution >= 4 is 23.3 Å². The highest BCUT2D eigenvalue weighted by molar-refractivity contribution is 5.80. The zero-order valence-electron chi connectivity index (χ0n) is 11.9. The highest BCUT2D eigenvalue weighted by atomic mass is 16.6. The molecule has 0 aromatic heterocycles. The number of nitro groups is 1. The van der Waals surface area contributed by atoms with Crippen molar-refractivity contribution in [3.05, 3.63) is 34.4 Å². The number of nitrogens with zero attached hydrogens (tertiary/aromatic N) is 2. The molecule has 118 valence electrons. The maximum absolute atomic E-state index is 11.8. The minimum Gasteiger partial charge on any atom is -0.455 e. The quantitative estimate of drug-likeness (QED) is 0.489. The van der Waals surface area contributed by atoms with Crippen molar-refractivity contribution < 1.29 is 19.2 Å². The van der Waals surface area contributed by atoms with E-state index in [-0.39, 0.29) is 11.6 Å². The fourth-order valence-corrected chi connectivity index (χ4v) is 2.50. The van der Waals surface area contributed by atoms with Gasteiger partial charge in [0.15, 0.2) is 6.61 Å². The Balaban J connectivity index is 1.96. The number of benzene rings is 1. The van der Waals surface area contributed by atoms with Crippen molar-refractivity contribution in [2.24, 2.45) is 11.7 Å². The van der Waals surface area contributed by atoms with Crippen LogP contribution in [0.3, 0.4) is 0 Å². The van der Waals surface area contributed by atoms with E-state index in [9.17, 15) is 19.7 Å². The van der Waals surface area contributed by atoms with Crippen molar-refractivity contribution in [1.82, 2.24) is 0 Å². The molecule has 0 atom stereocenters. The fourth-order valence-electron chi connectivity index (χ4n) is 2.50. The Labute approximate surface area is 127 Å². The third kappa shape index (κ3) is 3.72. The highest BCUT2D eigenvalue weighted by Gasteiger charge is 2.29. The second kappa shape index (κ2) is 6.88.